The Morgan fingerprint density at radius 3 is 2.46 bits per heavy atom. The fourth-order valence-electron chi connectivity index (χ4n) is 9.41. The lowest BCUT2D eigenvalue weighted by Crippen LogP contribution is -2.39. The molecule has 2 aromatic carbocycles. The van der Waals surface area contributed by atoms with Crippen molar-refractivity contribution >= 4 is 32.7 Å². The van der Waals surface area contributed by atoms with Gasteiger partial charge in [-0.1, -0.05) is 25.3 Å². The number of nitrogens with zero attached hydrogens (tertiary/aromatic N) is 2. The molecule has 0 spiro atoms. The van der Waals surface area contributed by atoms with Gasteiger partial charge in [0, 0.05) is 60.7 Å². The molecule has 10 heteroatoms. The second kappa shape index (κ2) is 10.3. The SMILES string of the molecule is COc1ccc2c(c1)C1CC1(C(=O)N1CC3CNCC3C1)Cn1c-2c(C2CCCCC2)c2ccc(C(=O)NS(=O)(=O)C3CC3)cc21. The Kier molecular flexibility index (Phi) is 6.46. The number of nitrogens with one attached hydrogen (secondary N) is 2. The molecule has 5 fully saturated rings. The summed E-state index contributed by atoms with van der Waals surface area (Å²) >= 11 is 0. The zero-order valence-electron chi connectivity index (χ0n) is 26.4. The Labute approximate surface area is 270 Å². The molecule has 3 saturated carbocycles. The van der Waals surface area contributed by atoms with E-state index in [0.29, 0.717) is 42.7 Å². The molecule has 3 aliphatic carbocycles. The van der Waals surface area contributed by atoms with Gasteiger partial charge in [-0.3, -0.25) is 9.59 Å². The molecule has 4 heterocycles. The van der Waals surface area contributed by atoms with E-state index in [2.05, 4.69) is 31.6 Å². The highest BCUT2D eigenvalue weighted by molar-refractivity contribution is 7.91. The highest BCUT2D eigenvalue weighted by Crippen LogP contribution is 2.66. The van der Waals surface area contributed by atoms with Crippen molar-refractivity contribution in [3.05, 3.63) is 53.1 Å². The first kappa shape index (κ1) is 28.8. The van der Waals surface area contributed by atoms with Gasteiger partial charge in [0.1, 0.15) is 5.75 Å². The molecular formula is C36H42N4O5S. The maximum atomic E-state index is 14.7. The minimum atomic E-state index is -3.68. The molecule has 0 bridgehead atoms. The normalized spacial score (nSPS) is 28.6. The monoisotopic (exact) mass is 642 g/mol. The molecule has 3 aliphatic heterocycles. The minimum absolute atomic E-state index is 0.0907. The molecule has 2 amide bonds. The van der Waals surface area contributed by atoms with Crippen molar-refractivity contribution in [2.24, 2.45) is 17.3 Å². The molecule has 6 aliphatic rings. The summed E-state index contributed by atoms with van der Waals surface area (Å²) < 4.78 is 35.8. The lowest BCUT2D eigenvalue weighted by atomic mass is 9.81. The number of carbonyl (C=O) groups excluding carboxylic acids is 2. The summed E-state index contributed by atoms with van der Waals surface area (Å²) in [5.74, 6) is 1.97. The third-order valence-corrected chi connectivity index (χ3v) is 13.9. The van der Waals surface area contributed by atoms with Crippen molar-refractivity contribution in [2.45, 2.75) is 75.0 Å². The summed E-state index contributed by atoms with van der Waals surface area (Å²) in [5.41, 5.74) is 5.48. The summed E-state index contributed by atoms with van der Waals surface area (Å²) in [5, 5.41) is 4.13. The number of rotatable bonds is 6. The summed E-state index contributed by atoms with van der Waals surface area (Å²) in [6.45, 7) is 4.11. The van der Waals surface area contributed by atoms with Crippen LogP contribution in [-0.4, -0.2) is 68.2 Å². The van der Waals surface area contributed by atoms with Gasteiger partial charge in [0.05, 0.1) is 23.5 Å². The number of carbonyl (C=O) groups is 2. The van der Waals surface area contributed by atoms with Gasteiger partial charge in [-0.25, -0.2) is 13.1 Å². The van der Waals surface area contributed by atoms with Crippen molar-refractivity contribution in [1.82, 2.24) is 19.5 Å². The van der Waals surface area contributed by atoms with Crippen molar-refractivity contribution in [3.63, 3.8) is 0 Å². The first-order chi connectivity index (χ1) is 22.3. The smallest absolute Gasteiger partial charge is 0.264 e. The second-order valence-corrected chi connectivity index (χ2v) is 16.8. The number of aromatic nitrogens is 1. The van der Waals surface area contributed by atoms with Crippen LogP contribution in [0.2, 0.25) is 0 Å². The second-order valence-electron chi connectivity index (χ2n) is 14.8. The number of amides is 2. The summed E-state index contributed by atoms with van der Waals surface area (Å²) in [6, 6.07) is 12.0. The average Bonchev–Trinajstić information content (AvgIpc) is 3.93. The fourth-order valence-corrected chi connectivity index (χ4v) is 10.7. The largest absolute Gasteiger partial charge is 0.497 e. The molecule has 9 rings (SSSR count). The molecule has 4 atom stereocenters. The number of sulfonamides is 1. The number of benzene rings is 2. The van der Waals surface area contributed by atoms with Crippen LogP contribution in [0.4, 0.5) is 0 Å². The molecule has 242 valence electrons. The van der Waals surface area contributed by atoms with Crippen LogP contribution in [0.25, 0.3) is 22.2 Å². The predicted octanol–water partition coefficient (Wildman–Crippen LogP) is 4.75. The van der Waals surface area contributed by atoms with Gasteiger partial charge in [0.25, 0.3) is 5.91 Å². The van der Waals surface area contributed by atoms with Crippen LogP contribution in [0.15, 0.2) is 36.4 Å². The zero-order chi connectivity index (χ0) is 31.4. The van der Waals surface area contributed by atoms with Crippen LogP contribution >= 0.6 is 0 Å². The van der Waals surface area contributed by atoms with Gasteiger partial charge in [0.2, 0.25) is 15.9 Å². The minimum Gasteiger partial charge on any atom is -0.497 e. The van der Waals surface area contributed by atoms with E-state index in [1.807, 2.05) is 18.2 Å². The summed E-state index contributed by atoms with van der Waals surface area (Å²) in [4.78, 5) is 30.2. The molecule has 0 radical (unpaired) electrons. The number of likely N-dealkylation sites (tertiary alicyclic amines) is 1. The lowest BCUT2D eigenvalue weighted by Gasteiger charge is -2.26. The fraction of sp³-hybridized carbons (Fsp3) is 0.556. The zero-order valence-corrected chi connectivity index (χ0v) is 27.2. The van der Waals surface area contributed by atoms with Crippen LogP contribution < -0.4 is 14.8 Å². The van der Waals surface area contributed by atoms with Gasteiger partial charge in [-0.05, 0) is 91.3 Å². The van der Waals surface area contributed by atoms with Gasteiger partial charge >= 0.3 is 0 Å². The van der Waals surface area contributed by atoms with Gasteiger partial charge < -0.3 is 19.5 Å². The molecule has 4 unspecified atom stereocenters. The third-order valence-electron chi connectivity index (χ3n) is 12.1. The van der Waals surface area contributed by atoms with E-state index in [1.165, 1.54) is 30.4 Å². The molecule has 2 saturated heterocycles. The van der Waals surface area contributed by atoms with Gasteiger partial charge in [-0.15, -0.1) is 0 Å². The Bertz CT molecular complexity index is 1880. The Balaban J connectivity index is 1.21. The average molecular weight is 643 g/mol. The highest BCUT2D eigenvalue weighted by atomic mass is 32.2. The van der Waals surface area contributed by atoms with E-state index in [-0.39, 0.29) is 11.8 Å². The Hall–Kier alpha value is -3.37. The van der Waals surface area contributed by atoms with Crippen LogP contribution in [0, 0.1) is 17.3 Å². The van der Waals surface area contributed by atoms with Crippen molar-refractivity contribution in [3.8, 4) is 17.0 Å². The van der Waals surface area contributed by atoms with Crippen LogP contribution in [0.1, 0.15) is 84.7 Å². The maximum absolute atomic E-state index is 14.7. The van der Waals surface area contributed by atoms with Crippen molar-refractivity contribution in [2.75, 3.05) is 33.3 Å². The van der Waals surface area contributed by atoms with Crippen molar-refractivity contribution in [1.29, 1.82) is 0 Å². The summed E-state index contributed by atoms with van der Waals surface area (Å²) in [6.07, 6.45) is 7.80. The Morgan fingerprint density at radius 2 is 1.74 bits per heavy atom. The maximum Gasteiger partial charge on any atom is 0.264 e. The number of hydrogen-bond acceptors (Lipinski definition) is 6. The number of ether oxygens (including phenoxy) is 1. The Morgan fingerprint density at radius 1 is 0.978 bits per heavy atom. The van der Waals surface area contributed by atoms with E-state index in [1.54, 1.807) is 13.2 Å². The van der Waals surface area contributed by atoms with E-state index >= 15 is 0 Å². The topological polar surface area (TPSA) is 110 Å². The van der Waals surface area contributed by atoms with Gasteiger partial charge in [0.15, 0.2) is 0 Å². The van der Waals surface area contributed by atoms with Crippen LogP contribution in [0.5, 0.6) is 5.75 Å². The molecule has 9 nitrogen and oxygen atoms in total. The van der Waals surface area contributed by atoms with Crippen LogP contribution in [-0.2, 0) is 21.4 Å². The third kappa shape index (κ3) is 4.39. The molecular weight excluding hydrogens is 600 g/mol. The predicted molar refractivity (Wildman–Crippen MR) is 175 cm³/mol. The molecule has 2 N–H and O–H groups in total. The summed E-state index contributed by atoms with van der Waals surface area (Å²) in [7, 11) is -1.99. The molecule has 46 heavy (non-hydrogen) atoms. The van der Waals surface area contributed by atoms with E-state index in [4.69, 9.17) is 4.74 Å². The molecule has 3 aromatic rings. The van der Waals surface area contributed by atoms with Crippen molar-refractivity contribution < 1.29 is 22.7 Å². The quantitative estimate of drug-likeness (QED) is 0.402. The van der Waals surface area contributed by atoms with E-state index in [9.17, 15) is 18.0 Å². The first-order valence-corrected chi connectivity index (χ1v) is 18.7. The highest BCUT2D eigenvalue weighted by Gasteiger charge is 2.64. The molecule has 1 aromatic heterocycles. The van der Waals surface area contributed by atoms with E-state index in [0.717, 1.165) is 73.4 Å². The standard InChI is InChI=1S/C36H42N4O5S/c1-45-25-8-12-27-29(14-25)30-15-36(30,35(42)39-18-23-16-37-17-24(23)19-39)20-40-31-13-22(34(41)38-46(43,44)26-9-10-26)7-11-28(31)32(33(27)40)21-5-3-2-4-6-21/h7-8,11-14,21,23-24,26,30,37H,2-6,9-10,15-20H2,1H3,(H,38,41). The number of hydrogen-bond donors (Lipinski definition) is 2. The van der Waals surface area contributed by atoms with E-state index < -0.39 is 26.6 Å². The lowest BCUT2D eigenvalue weighted by molar-refractivity contribution is -0.137. The van der Waals surface area contributed by atoms with Crippen LogP contribution in [0.3, 0.4) is 0 Å². The van der Waals surface area contributed by atoms with Gasteiger partial charge in [-0.2, -0.15) is 0 Å². The number of fused-ring (bicyclic) bond motifs is 8. The number of methoxy groups -OCH3 is 1. The first-order valence-electron chi connectivity index (χ1n) is 17.2.